The Balaban J connectivity index is 1.59. The number of alkyl halides is 3. The quantitative estimate of drug-likeness (QED) is 0.366. The zero-order valence-electron chi connectivity index (χ0n) is 22.4. The van der Waals surface area contributed by atoms with Gasteiger partial charge in [0.05, 0.1) is 19.2 Å². The first-order chi connectivity index (χ1) is 18.8. The number of nitrogens with one attached hydrogen (secondary N) is 1. The molecule has 218 valence electrons. The van der Waals surface area contributed by atoms with Crippen molar-refractivity contribution in [3.8, 4) is 11.5 Å². The fourth-order valence-electron chi connectivity index (χ4n) is 5.76. The molecule has 0 aromatic heterocycles. The highest BCUT2D eigenvalue weighted by Crippen LogP contribution is 2.50. The number of likely N-dealkylation sites (N-methyl/N-ethyl adjacent to an activating group) is 1. The molecule has 0 radical (unpaired) electrons. The van der Waals surface area contributed by atoms with Gasteiger partial charge in [-0.3, -0.25) is 0 Å². The summed E-state index contributed by atoms with van der Waals surface area (Å²) in [5.74, 6) is -2.15. The van der Waals surface area contributed by atoms with E-state index in [4.69, 9.17) is 21.1 Å². The first-order valence-corrected chi connectivity index (χ1v) is 13.0. The number of fused-ring (bicyclic) bond motifs is 1. The van der Waals surface area contributed by atoms with Gasteiger partial charge in [-0.05, 0) is 81.6 Å². The summed E-state index contributed by atoms with van der Waals surface area (Å²) in [5.41, 5.74) is 0.419. The van der Waals surface area contributed by atoms with Crippen molar-refractivity contribution >= 4 is 29.3 Å². The van der Waals surface area contributed by atoms with E-state index in [9.17, 15) is 27.2 Å². The summed E-state index contributed by atoms with van der Waals surface area (Å²) in [7, 11) is 5.11. The number of nitrogens with zero attached hydrogens (tertiary/aromatic N) is 2. The Labute approximate surface area is 234 Å². The maximum atomic E-state index is 14.0. The Kier molecular flexibility index (Phi) is 8.41. The van der Waals surface area contributed by atoms with Crippen molar-refractivity contribution < 1.29 is 41.5 Å². The molecular formula is C27H30ClF4N3O5. The number of halogens is 5. The van der Waals surface area contributed by atoms with E-state index in [1.165, 1.54) is 6.92 Å². The van der Waals surface area contributed by atoms with Crippen LogP contribution in [0.15, 0.2) is 30.3 Å². The topological polar surface area (TPSA) is 80.3 Å². The molecule has 2 aromatic carbocycles. The van der Waals surface area contributed by atoms with Crippen LogP contribution in [0, 0.1) is 12.7 Å². The first-order valence-electron chi connectivity index (χ1n) is 12.6. The van der Waals surface area contributed by atoms with E-state index in [0.717, 1.165) is 30.7 Å². The standard InChI is InChI=1S/C27H30ClF4N3O5/c1-15-11-20(18(28)14-19(15)29)35(40-24(36)27(30,31)32)25(37)33-17-7-8-26(9-10-34(2)23(26)13-17)16-5-6-21(38-3)22(12-16)39-4/h5-6,11-12,14,17,23H,7-10,13H2,1-4H3,(H,33,37)/t17-,23+,26+/m1/s1. The van der Waals surface area contributed by atoms with Crippen LogP contribution in [0.3, 0.4) is 0 Å². The normalized spacial score (nSPS) is 22.8. The molecule has 1 heterocycles. The number of aryl methyl sites for hydroxylation is 1. The van der Waals surface area contributed by atoms with Gasteiger partial charge in [-0.25, -0.2) is 14.0 Å². The second-order valence-corrected chi connectivity index (χ2v) is 10.5. The summed E-state index contributed by atoms with van der Waals surface area (Å²) in [6.07, 6.45) is -2.86. The molecule has 2 fully saturated rings. The Hall–Kier alpha value is -3.25. The van der Waals surface area contributed by atoms with Gasteiger partial charge in [-0.1, -0.05) is 17.7 Å². The summed E-state index contributed by atoms with van der Waals surface area (Å²) in [6, 6.07) is 6.09. The van der Waals surface area contributed by atoms with Gasteiger partial charge < -0.3 is 24.5 Å². The van der Waals surface area contributed by atoms with Gasteiger partial charge in [0.15, 0.2) is 11.5 Å². The number of hydrogen-bond donors (Lipinski definition) is 1. The molecule has 8 nitrogen and oxygen atoms in total. The van der Waals surface area contributed by atoms with E-state index < -0.39 is 40.7 Å². The van der Waals surface area contributed by atoms with Gasteiger partial charge in [0.2, 0.25) is 0 Å². The molecule has 0 bridgehead atoms. The average molecular weight is 588 g/mol. The molecule has 3 atom stereocenters. The van der Waals surface area contributed by atoms with Gasteiger partial charge >= 0.3 is 18.2 Å². The minimum atomic E-state index is -5.38. The number of likely N-dealkylation sites (tertiary alicyclic amines) is 1. The van der Waals surface area contributed by atoms with Crippen LogP contribution in [0.1, 0.15) is 36.8 Å². The largest absolute Gasteiger partial charge is 0.493 e. The van der Waals surface area contributed by atoms with E-state index in [1.54, 1.807) is 14.2 Å². The number of carbonyl (C=O) groups is 2. The Morgan fingerprint density at radius 3 is 2.48 bits per heavy atom. The number of hydroxylamine groups is 1. The molecule has 1 N–H and O–H groups in total. The van der Waals surface area contributed by atoms with Crippen LogP contribution in [-0.4, -0.2) is 63.0 Å². The molecule has 0 unspecified atom stereocenters. The number of benzene rings is 2. The lowest BCUT2D eigenvalue weighted by Gasteiger charge is -2.45. The number of amides is 2. The Morgan fingerprint density at radius 1 is 1.12 bits per heavy atom. The molecule has 1 aliphatic carbocycles. The second-order valence-electron chi connectivity index (χ2n) is 10.1. The lowest BCUT2D eigenvalue weighted by atomic mass is 9.65. The van der Waals surface area contributed by atoms with Gasteiger partial charge in [0.1, 0.15) is 11.5 Å². The van der Waals surface area contributed by atoms with Gasteiger partial charge in [0.25, 0.3) is 0 Å². The fraction of sp³-hybridized carbons (Fsp3) is 0.481. The molecule has 4 rings (SSSR count). The molecule has 40 heavy (non-hydrogen) atoms. The van der Waals surface area contributed by atoms with Crippen LogP contribution in [0.2, 0.25) is 5.02 Å². The van der Waals surface area contributed by atoms with Crippen LogP contribution in [0.4, 0.5) is 28.0 Å². The minimum Gasteiger partial charge on any atom is -0.493 e. The van der Waals surface area contributed by atoms with Gasteiger partial charge in [0, 0.05) is 17.5 Å². The molecule has 1 saturated carbocycles. The van der Waals surface area contributed by atoms with Crippen molar-refractivity contribution in [2.75, 3.05) is 32.9 Å². The number of hydrogen-bond acceptors (Lipinski definition) is 6. The predicted octanol–water partition coefficient (Wildman–Crippen LogP) is 5.54. The summed E-state index contributed by atoms with van der Waals surface area (Å²) < 4.78 is 64.0. The molecule has 1 saturated heterocycles. The number of carbonyl (C=O) groups excluding carboxylic acids is 2. The molecule has 1 aliphatic heterocycles. The average Bonchev–Trinajstić information content (AvgIpc) is 3.25. The SMILES string of the molecule is COc1ccc([C@@]23CC[C@@H](NC(=O)N(OC(=O)C(F)(F)F)c4cc(C)c(F)cc4Cl)C[C@@H]2N(C)CC3)cc1OC. The van der Waals surface area contributed by atoms with Crippen molar-refractivity contribution in [3.05, 3.63) is 52.3 Å². The zero-order chi connectivity index (χ0) is 29.4. The van der Waals surface area contributed by atoms with Gasteiger partial charge in [-0.2, -0.15) is 13.2 Å². The molecule has 2 amide bonds. The molecule has 2 aliphatic rings. The molecule has 2 aromatic rings. The maximum Gasteiger partial charge on any atom is 0.493 e. The van der Waals surface area contributed by atoms with Crippen LogP contribution >= 0.6 is 11.6 Å². The highest BCUT2D eigenvalue weighted by molar-refractivity contribution is 6.33. The lowest BCUT2D eigenvalue weighted by molar-refractivity contribution is -0.199. The molecule has 0 spiro atoms. The number of urea groups is 1. The van der Waals surface area contributed by atoms with Crippen LogP contribution in [0.25, 0.3) is 0 Å². The number of rotatable bonds is 5. The summed E-state index contributed by atoms with van der Waals surface area (Å²) in [4.78, 5) is 31.6. The third kappa shape index (κ3) is 5.64. The molecule has 13 heteroatoms. The zero-order valence-corrected chi connectivity index (χ0v) is 23.2. The van der Waals surface area contributed by atoms with E-state index >= 15 is 0 Å². The molecular weight excluding hydrogens is 558 g/mol. The smallest absolute Gasteiger partial charge is 0.493 e. The van der Waals surface area contributed by atoms with Crippen molar-refractivity contribution in [1.29, 1.82) is 0 Å². The highest BCUT2D eigenvalue weighted by Gasteiger charge is 2.51. The van der Waals surface area contributed by atoms with E-state index in [1.807, 2.05) is 25.2 Å². The van der Waals surface area contributed by atoms with Crippen LogP contribution < -0.4 is 19.9 Å². The van der Waals surface area contributed by atoms with E-state index in [0.29, 0.717) is 30.8 Å². The summed E-state index contributed by atoms with van der Waals surface area (Å²) >= 11 is 6.05. The summed E-state index contributed by atoms with van der Waals surface area (Å²) in [6.45, 7) is 2.14. The van der Waals surface area contributed by atoms with Crippen molar-refractivity contribution in [3.63, 3.8) is 0 Å². The Morgan fingerprint density at radius 2 is 1.82 bits per heavy atom. The minimum absolute atomic E-state index is 0.00696. The fourth-order valence-corrected chi connectivity index (χ4v) is 5.99. The van der Waals surface area contributed by atoms with Crippen molar-refractivity contribution in [1.82, 2.24) is 10.2 Å². The van der Waals surface area contributed by atoms with Crippen LogP contribution in [0.5, 0.6) is 11.5 Å². The highest BCUT2D eigenvalue weighted by atomic mass is 35.5. The monoisotopic (exact) mass is 587 g/mol. The third-order valence-corrected chi connectivity index (χ3v) is 8.15. The number of methoxy groups -OCH3 is 2. The van der Waals surface area contributed by atoms with Crippen molar-refractivity contribution in [2.45, 2.75) is 56.3 Å². The Bertz CT molecular complexity index is 1290. The van der Waals surface area contributed by atoms with E-state index in [2.05, 4.69) is 15.1 Å². The van der Waals surface area contributed by atoms with Gasteiger partial charge in [-0.15, -0.1) is 5.06 Å². The summed E-state index contributed by atoms with van der Waals surface area (Å²) in [5, 5.41) is 2.43. The van der Waals surface area contributed by atoms with Crippen molar-refractivity contribution in [2.24, 2.45) is 0 Å². The first kappa shape index (κ1) is 29.7. The third-order valence-electron chi connectivity index (χ3n) is 7.85. The number of anilines is 1. The number of ether oxygens (including phenoxy) is 2. The maximum absolute atomic E-state index is 14.0. The predicted molar refractivity (Wildman–Crippen MR) is 139 cm³/mol. The lowest BCUT2D eigenvalue weighted by Crippen LogP contribution is -2.54. The van der Waals surface area contributed by atoms with Crippen LogP contribution in [-0.2, 0) is 15.0 Å². The van der Waals surface area contributed by atoms with E-state index in [-0.39, 0.29) is 22.1 Å². The second kappa shape index (κ2) is 11.3.